The third-order valence-corrected chi connectivity index (χ3v) is 4.25. The normalized spacial score (nSPS) is 16.5. The summed E-state index contributed by atoms with van der Waals surface area (Å²) in [6, 6.07) is 9.52. The summed E-state index contributed by atoms with van der Waals surface area (Å²) >= 11 is 0. The van der Waals surface area contributed by atoms with Gasteiger partial charge in [-0.15, -0.1) is 5.10 Å². The maximum Gasteiger partial charge on any atom is 0.244 e. The van der Waals surface area contributed by atoms with Gasteiger partial charge in [0.05, 0.1) is 11.5 Å². The quantitative estimate of drug-likeness (QED) is 0.769. The second-order valence-electron chi connectivity index (χ2n) is 7.30. The molecule has 1 aliphatic heterocycles. The van der Waals surface area contributed by atoms with Crippen LogP contribution in [-0.4, -0.2) is 16.1 Å². The lowest BCUT2D eigenvalue weighted by Gasteiger charge is -2.27. The maximum absolute atomic E-state index is 11.2. The van der Waals surface area contributed by atoms with Crippen molar-refractivity contribution in [1.29, 1.82) is 5.26 Å². The topological polar surface area (TPSA) is 117 Å². The summed E-state index contributed by atoms with van der Waals surface area (Å²) in [6.07, 6.45) is 0. The molecule has 0 aliphatic carbocycles. The van der Waals surface area contributed by atoms with Crippen LogP contribution in [0.15, 0.2) is 35.7 Å². The third kappa shape index (κ3) is 3.02. The Morgan fingerprint density at radius 2 is 2.00 bits per heavy atom. The van der Waals surface area contributed by atoms with Gasteiger partial charge in [0.25, 0.3) is 0 Å². The number of H-pyrrole nitrogens is 1. The Labute approximate surface area is 151 Å². The molecule has 134 valence electrons. The highest BCUT2D eigenvalue weighted by Crippen LogP contribution is 2.45. The van der Waals surface area contributed by atoms with Gasteiger partial charge in [-0.25, -0.2) is 0 Å². The Hall–Kier alpha value is -3.27. The van der Waals surface area contributed by atoms with Gasteiger partial charge in [-0.1, -0.05) is 32.9 Å². The van der Waals surface area contributed by atoms with Crippen LogP contribution < -0.4 is 15.8 Å². The lowest BCUT2D eigenvalue weighted by Crippen LogP contribution is -2.23. The number of ether oxygens (including phenoxy) is 1. The molecule has 7 heteroatoms. The first-order valence-electron chi connectivity index (χ1n) is 8.26. The highest BCUT2D eigenvalue weighted by molar-refractivity contribution is 5.88. The van der Waals surface area contributed by atoms with Crippen LogP contribution >= 0.6 is 0 Å². The molecular formula is C19H21N5O2. The number of aromatic nitrogens is 2. The number of aromatic amines is 1. The van der Waals surface area contributed by atoms with Crippen molar-refractivity contribution in [3.05, 3.63) is 52.5 Å². The standard InChI is InChI=1S/C19H21N5O2/c1-10(25)22-12-7-5-11(6-8-12)14-13(9-20)17(21)26-18-15(14)16(23-24-18)19(2,3)4/h5-8,14H,21H2,1-4H3,(H,22,25)(H,23,24)/t14-/m1/s1. The van der Waals surface area contributed by atoms with Crippen LogP contribution in [0.4, 0.5) is 5.69 Å². The first-order valence-corrected chi connectivity index (χ1v) is 8.26. The summed E-state index contributed by atoms with van der Waals surface area (Å²) in [5.74, 6) is -0.0776. The van der Waals surface area contributed by atoms with Gasteiger partial charge < -0.3 is 15.8 Å². The summed E-state index contributed by atoms with van der Waals surface area (Å²) < 4.78 is 5.57. The Bertz CT molecular complexity index is 926. The highest BCUT2D eigenvalue weighted by Gasteiger charge is 2.37. The van der Waals surface area contributed by atoms with E-state index in [9.17, 15) is 10.1 Å². The fourth-order valence-corrected chi connectivity index (χ4v) is 3.11. The zero-order chi connectivity index (χ0) is 19.1. The van der Waals surface area contributed by atoms with Gasteiger partial charge in [-0.05, 0) is 17.7 Å². The van der Waals surface area contributed by atoms with Crippen LogP contribution in [-0.2, 0) is 10.2 Å². The van der Waals surface area contributed by atoms with Crippen molar-refractivity contribution in [1.82, 2.24) is 10.2 Å². The summed E-state index contributed by atoms with van der Waals surface area (Å²) in [7, 11) is 0. The number of hydrogen-bond donors (Lipinski definition) is 3. The summed E-state index contributed by atoms with van der Waals surface area (Å²) in [4.78, 5) is 11.2. The van der Waals surface area contributed by atoms with Crippen molar-refractivity contribution in [2.45, 2.75) is 39.0 Å². The summed E-state index contributed by atoms with van der Waals surface area (Å²) in [5, 5.41) is 19.7. The number of carbonyl (C=O) groups excluding carboxylic acids is 1. The number of rotatable bonds is 2. The predicted molar refractivity (Wildman–Crippen MR) is 97.3 cm³/mol. The zero-order valence-electron chi connectivity index (χ0n) is 15.2. The summed E-state index contributed by atoms with van der Waals surface area (Å²) in [6.45, 7) is 7.64. The number of nitriles is 1. The average Bonchev–Trinajstić information content (AvgIpc) is 2.97. The minimum Gasteiger partial charge on any atom is -0.420 e. The number of hydrogen-bond acceptors (Lipinski definition) is 5. The van der Waals surface area contributed by atoms with E-state index in [-0.39, 0.29) is 23.1 Å². The molecule has 0 saturated carbocycles. The van der Waals surface area contributed by atoms with Crippen molar-refractivity contribution >= 4 is 11.6 Å². The number of allylic oxidation sites excluding steroid dienone is 1. The number of nitrogens with two attached hydrogens (primary N) is 1. The molecule has 0 radical (unpaired) electrons. The first kappa shape index (κ1) is 17.5. The molecule has 26 heavy (non-hydrogen) atoms. The number of carbonyl (C=O) groups is 1. The van der Waals surface area contributed by atoms with E-state index >= 15 is 0 Å². The van der Waals surface area contributed by atoms with Gasteiger partial charge in [-0.3, -0.25) is 9.89 Å². The number of fused-ring (bicyclic) bond motifs is 1. The van der Waals surface area contributed by atoms with Crippen LogP contribution in [0, 0.1) is 11.3 Å². The van der Waals surface area contributed by atoms with Gasteiger partial charge in [0.1, 0.15) is 11.6 Å². The van der Waals surface area contributed by atoms with Crippen molar-refractivity contribution in [2.24, 2.45) is 5.73 Å². The van der Waals surface area contributed by atoms with E-state index < -0.39 is 0 Å². The van der Waals surface area contributed by atoms with E-state index in [1.807, 2.05) is 12.1 Å². The molecule has 1 atom stereocenters. The molecule has 1 aromatic carbocycles. The molecule has 0 bridgehead atoms. The lowest BCUT2D eigenvalue weighted by molar-refractivity contribution is -0.114. The first-order chi connectivity index (χ1) is 12.2. The van der Waals surface area contributed by atoms with Gasteiger partial charge in [-0.2, -0.15) is 5.26 Å². The van der Waals surface area contributed by atoms with Crippen molar-refractivity contribution in [3.8, 4) is 11.9 Å². The predicted octanol–water partition coefficient (Wildman–Crippen LogP) is 2.88. The Morgan fingerprint density at radius 3 is 2.54 bits per heavy atom. The van der Waals surface area contributed by atoms with Gasteiger partial charge in [0.2, 0.25) is 17.7 Å². The molecule has 3 rings (SSSR count). The van der Waals surface area contributed by atoms with E-state index in [4.69, 9.17) is 10.5 Å². The van der Waals surface area contributed by atoms with Crippen LogP contribution in [0.3, 0.4) is 0 Å². The molecular weight excluding hydrogens is 330 g/mol. The monoisotopic (exact) mass is 351 g/mol. The van der Waals surface area contributed by atoms with Crippen molar-refractivity contribution < 1.29 is 9.53 Å². The van der Waals surface area contributed by atoms with E-state index in [2.05, 4.69) is 42.4 Å². The second kappa shape index (κ2) is 6.23. The van der Waals surface area contributed by atoms with E-state index in [1.54, 1.807) is 12.1 Å². The minimum absolute atomic E-state index is 0.0582. The summed E-state index contributed by atoms with van der Waals surface area (Å²) in [5.41, 5.74) is 9.36. The molecule has 0 spiro atoms. The number of benzene rings is 1. The number of nitrogens with one attached hydrogen (secondary N) is 2. The average molecular weight is 351 g/mol. The molecule has 2 heterocycles. The Balaban J connectivity index is 2.14. The minimum atomic E-state index is -0.386. The number of nitrogens with zero attached hydrogens (tertiary/aromatic N) is 2. The van der Waals surface area contributed by atoms with Gasteiger partial charge >= 0.3 is 0 Å². The number of amides is 1. The molecule has 1 aliphatic rings. The molecule has 0 fully saturated rings. The fourth-order valence-electron chi connectivity index (χ4n) is 3.11. The van der Waals surface area contributed by atoms with Crippen LogP contribution in [0.25, 0.3) is 0 Å². The molecule has 7 nitrogen and oxygen atoms in total. The Morgan fingerprint density at radius 1 is 1.35 bits per heavy atom. The van der Waals surface area contributed by atoms with Gasteiger partial charge in [0, 0.05) is 23.7 Å². The van der Waals surface area contributed by atoms with Crippen molar-refractivity contribution in [3.63, 3.8) is 0 Å². The smallest absolute Gasteiger partial charge is 0.244 e. The molecule has 1 aromatic heterocycles. The third-order valence-electron chi connectivity index (χ3n) is 4.25. The van der Waals surface area contributed by atoms with Crippen LogP contribution in [0.2, 0.25) is 0 Å². The highest BCUT2D eigenvalue weighted by atomic mass is 16.5. The maximum atomic E-state index is 11.2. The van der Waals surface area contributed by atoms with E-state index in [1.165, 1.54) is 6.92 Å². The van der Waals surface area contributed by atoms with Gasteiger partial charge in [0.15, 0.2) is 0 Å². The molecule has 2 aromatic rings. The molecule has 1 amide bonds. The molecule has 4 N–H and O–H groups in total. The van der Waals surface area contributed by atoms with E-state index in [0.29, 0.717) is 17.1 Å². The SMILES string of the molecule is CC(=O)Nc1ccc([C@@H]2C(C#N)=C(N)Oc3n[nH]c(C(C)(C)C)c32)cc1. The number of anilines is 1. The van der Waals surface area contributed by atoms with Crippen LogP contribution in [0.1, 0.15) is 50.4 Å². The second-order valence-corrected chi connectivity index (χ2v) is 7.30. The molecule has 0 unspecified atom stereocenters. The molecule has 0 saturated heterocycles. The Kier molecular flexibility index (Phi) is 4.20. The lowest BCUT2D eigenvalue weighted by atomic mass is 9.79. The zero-order valence-corrected chi connectivity index (χ0v) is 15.2. The van der Waals surface area contributed by atoms with Crippen LogP contribution in [0.5, 0.6) is 5.88 Å². The van der Waals surface area contributed by atoms with E-state index in [0.717, 1.165) is 16.8 Å². The largest absolute Gasteiger partial charge is 0.420 e. The van der Waals surface area contributed by atoms with Crippen molar-refractivity contribution in [2.75, 3.05) is 5.32 Å². The fraction of sp³-hybridized carbons (Fsp3) is 0.316.